The van der Waals surface area contributed by atoms with Crippen molar-refractivity contribution in [1.82, 2.24) is 34.9 Å². The SMILES string of the molecule is C(=C\c1nc(SCC2CSc3nnc(-c4cccnc4)n32)n[nH]1)/c1ccccc1. The van der Waals surface area contributed by atoms with Crippen LogP contribution in [0.5, 0.6) is 0 Å². The lowest BCUT2D eigenvalue weighted by atomic mass is 10.2. The van der Waals surface area contributed by atoms with Crippen molar-refractivity contribution < 1.29 is 0 Å². The van der Waals surface area contributed by atoms with Crippen LogP contribution in [0.3, 0.4) is 0 Å². The highest BCUT2D eigenvalue weighted by Gasteiger charge is 2.28. The molecule has 7 nitrogen and oxygen atoms in total. The van der Waals surface area contributed by atoms with Crippen molar-refractivity contribution in [2.45, 2.75) is 16.4 Å². The molecule has 0 radical (unpaired) electrons. The summed E-state index contributed by atoms with van der Waals surface area (Å²) in [6.07, 6.45) is 7.55. The molecule has 0 bridgehead atoms. The largest absolute Gasteiger partial charge is 0.297 e. The van der Waals surface area contributed by atoms with E-state index in [0.717, 1.165) is 44.6 Å². The molecule has 4 heterocycles. The summed E-state index contributed by atoms with van der Waals surface area (Å²) >= 11 is 3.37. The van der Waals surface area contributed by atoms with E-state index in [2.05, 4.69) is 47.1 Å². The maximum Gasteiger partial charge on any atom is 0.208 e. The number of hydrogen-bond acceptors (Lipinski definition) is 7. The summed E-state index contributed by atoms with van der Waals surface area (Å²) in [6, 6.07) is 14.3. The summed E-state index contributed by atoms with van der Waals surface area (Å²) in [7, 11) is 0. The second-order valence-corrected chi connectivity index (χ2v) is 8.42. The van der Waals surface area contributed by atoms with Crippen molar-refractivity contribution in [3.8, 4) is 11.4 Å². The van der Waals surface area contributed by atoms with Crippen molar-refractivity contribution in [2.24, 2.45) is 0 Å². The topological polar surface area (TPSA) is 85.2 Å². The third kappa shape index (κ3) is 3.96. The van der Waals surface area contributed by atoms with Crippen LogP contribution in [-0.4, -0.2) is 46.4 Å². The molecule has 1 aliphatic heterocycles. The number of H-pyrrole nitrogens is 1. The van der Waals surface area contributed by atoms with E-state index in [1.807, 2.05) is 48.7 Å². The third-order valence-electron chi connectivity index (χ3n) is 4.47. The van der Waals surface area contributed by atoms with Gasteiger partial charge in [0.15, 0.2) is 11.0 Å². The molecule has 9 heteroatoms. The molecule has 1 atom stereocenters. The molecule has 4 aromatic rings. The molecule has 1 aliphatic rings. The van der Waals surface area contributed by atoms with Crippen LogP contribution in [0, 0.1) is 0 Å². The van der Waals surface area contributed by atoms with Crippen LogP contribution in [0.2, 0.25) is 0 Å². The van der Waals surface area contributed by atoms with Crippen molar-refractivity contribution in [3.63, 3.8) is 0 Å². The summed E-state index contributed by atoms with van der Waals surface area (Å²) in [4.78, 5) is 8.77. The van der Waals surface area contributed by atoms with E-state index in [9.17, 15) is 0 Å². The minimum absolute atomic E-state index is 0.284. The molecule has 0 spiro atoms. The monoisotopic (exact) mass is 419 g/mol. The Kier molecular flexibility index (Phi) is 5.14. The minimum Gasteiger partial charge on any atom is -0.297 e. The molecule has 0 saturated carbocycles. The van der Waals surface area contributed by atoms with Crippen LogP contribution in [0.15, 0.2) is 65.2 Å². The predicted molar refractivity (Wildman–Crippen MR) is 115 cm³/mol. The quantitative estimate of drug-likeness (QED) is 0.472. The van der Waals surface area contributed by atoms with E-state index in [0.29, 0.717) is 0 Å². The molecular weight excluding hydrogens is 402 g/mol. The fourth-order valence-electron chi connectivity index (χ4n) is 3.07. The van der Waals surface area contributed by atoms with Crippen molar-refractivity contribution in [2.75, 3.05) is 11.5 Å². The number of benzene rings is 1. The Bertz CT molecular complexity index is 1120. The number of hydrogen-bond donors (Lipinski definition) is 1. The Morgan fingerprint density at radius 2 is 2.07 bits per heavy atom. The van der Waals surface area contributed by atoms with Crippen LogP contribution in [0.25, 0.3) is 23.5 Å². The second-order valence-electron chi connectivity index (χ2n) is 6.44. The first kappa shape index (κ1) is 18.1. The first-order chi connectivity index (χ1) is 14.4. The zero-order chi connectivity index (χ0) is 19.5. The number of nitrogens with one attached hydrogen (secondary N) is 1. The van der Waals surface area contributed by atoms with E-state index < -0.39 is 0 Å². The lowest BCUT2D eigenvalue weighted by molar-refractivity contribution is 0.596. The normalized spacial score (nSPS) is 15.8. The van der Waals surface area contributed by atoms with Gasteiger partial charge in [0.1, 0.15) is 5.82 Å². The number of aromatic amines is 1. The lowest BCUT2D eigenvalue weighted by Gasteiger charge is -2.12. The van der Waals surface area contributed by atoms with Gasteiger partial charge in [-0.2, -0.15) is 0 Å². The molecule has 0 fully saturated rings. The van der Waals surface area contributed by atoms with E-state index in [-0.39, 0.29) is 6.04 Å². The van der Waals surface area contributed by atoms with Crippen LogP contribution in [0.1, 0.15) is 17.4 Å². The van der Waals surface area contributed by atoms with Crippen LogP contribution >= 0.6 is 23.5 Å². The molecule has 144 valence electrons. The van der Waals surface area contributed by atoms with E-state index >= 15 is 0 Å². The summed E-state index contributed by atoms with van der Waals surface area (Å²) in [5.74, 6) is 3.43. The van der Waals surface area contributed by atoms with E-state index in [1.54, 1.807) is 29.7 Å². The maximum absolute atomic E-state index is 4.56. The van der Waals surface area contributed by atoms with Crippen molar-refractivity contribution in [3.05, 3.63) is 66.2 Å². The number of fused-ring (bicyclic) bond motifs is 1. The average molecular weight is 420 g/mol. The molecule has 3 aromatic heterocycles. The first-order valence-corrected chi connectivity index (χ1v) is 11.1. The summed E-state index contributed by atoms with van der Waals surface area (Å²) < 4.78 is 2.21. The number of nitrogens with zero attached hydrogens (tertiary/aromatic N) is 6. The minimum atomic E-state index is 0.284. The van der Waals surface area contributed by atoms with Gasteiger partial charge in [-0.1, -0.05) is 59.9 Å². The predicted octanol–water partition coefficient (Wildman–Crippen LogP) is 4.07. The molecule has 1 unspecified atom stereocenters. The standard InChI is InChI=1S/C20H17N7S2/c1-2-5-14(6-3-1)8-9-17-22-19(25-23-17)28-12-16-13-29-20-26-24-18(27(16)20)15-7-4-10-21-11-15/h1-11,16H,12-13H2,(H,22,23,25)/b9-8+. The summed E-state index contributed by atoms with van der Waals surface area (Å²) in [5.41, 5.74) is 2.11. The Hall–Kier alpha value is -2.91. The average Bonchev–Trinajstić information content (AvgIpc) is 3.49. The molecule has 0 amide bonds. The highest BCUT2D eigenvalue weighted by molar-refractivity contribution is 8.00. The molecule has 0 aliphatic carbocycles. The fourth-order valence-corrected chi connectivity index (χ4v) is 5.18. The Morgan fingerprint density at radius 3 is 2.93 bits per heavy atom. The number of aromatic nitrogens is 7. The molecule has 0 saturated heterocycles. The number of thioether (sulfide) groups is 2. The van der Waals surface area contributed by atoms with Gasteiger partial charge in [-0.25, -0.2) is 4.98 Å². The second kappa shape index (κ2) is 8.22. The summed E-state index contributed by atoms with van der Waals surface area (Å²) in [6.45, 7) is 0. The van der Waals surface area contributed by atoms with Gasteiger partial charge in [0.2, 0.25) is 5.16 Å². The number of rotatable bonds is 6. The van der Waals surface area contributed by atoms with Gasteiger partial charge in [-0.05, 0) is 23.8 Å². The van der Waals surface area contributed by atoms with Gasteiger partial charge in [0, 0.05) is 29.5 Å². The van der Waals surface area contributed by atoms with Gasteiger partial charge in [0.05, 0.1) is 6.04 Å². The highest BCUT2D eigenvalue weighted by Crippen LogP contribution is 2.38. The van der Waals surface area contributed by atoms with Gasteiger partial charge in [-0.3, -0.25) is 14.6 Å². The molecule has 1 N–H and O–H groups in total. The van der Waals surface area contributed by atoms with Crippen LogP contribution < -0.4 is 0 Å². The zero-order valence-corrected chi connectivity index (χ0v) is 17.0. The Balaban J connectivity index is 1.27. The van der Waals surface area contributed by atoms with Gasteiger partial charge >= 0.3 is 0 Å². The summed E-state index contributed by atoms with van der Waals surface area (Å²) in [5, 5.41) is 17.7. The van der Waals surface area contributed by atoms with Crippen LogP contribution in [0.4, 0.5) is 0 Å². The zero-order valence-electron chi connectivity index (χ0n) is 15.3. The fraction of sp³-hybridized carbons (Fsp3) is 0.150. The lowest BCUT2D eigenvalue weighted by Crippen LogP contribution is -2.11. The highest BCUT2D eigenvalue weighted by atomic mass is 32.2. The van der Waals surface area contributed by atoms with E-state index in [1.165, 1.54) is 0 Å². The van der Waals surface area contributed by atoms with Crippen molar-refractivity contribution in [1.29, 1.82) is 0 Å². The Labute approximate surface area is 176 Å². The molecule has 5 rings (SSSR count). The molecule has 29 heavy (non-hydrogen) atoms. The molecule has 1 aromatic carbocycles. The van der Waals surface area contributed by atoms with E-state index in [4.69, 9.17) is 0 Å². The van der Waals surface area contributed by atoms with Gasteiger partial charge in [0.25, 0.3) is 0 Å². The molecular formula is C20H17N7S2. The van der Waals surface area contributed by atoms with Gasteiger partial charge in [-0.15, -0.1) is 15.3 Å². The maximum atomic E-state index is 4.56. The van der Waals surface area contributed by atoms with Gasteiger partial charge < -0.3 is 0 Å². The Morgan fingerprint density at radius 1 is 1.14 bits per heavy atom. The van der Waals surface area contributed by atoms with Crippen molar-refractivity contribution >= 4 is 35.7 Å². The first-order valence-electron chi connectivity index (χ1n) is 9.13. The third-order valence-corrected chi connectivity index (χ3v) is 6.55. The number of pyridine rings is 1. The smallest absolute Gasteiger partial charge is 0.208 e. The van der Waals surface area contributed by atoms with Crippen LogP contribution in [-0.2, 0) is 0 Å².